The van der Waals surface area contributed by atoms with E-state index in [2.05, 4.69) is 5.43 Å². The summed E-state index contributed by atoms with van der Waals surface area (Å²) in [5, 5.41) is 15.4. The number of nitrogens with one attached hydrogen (secondary N) is 1. The van der Waals surface area contributed by atoms with Gasteiger partial charge in [-0.15, -0.1) is 11.3 Å². The van der Waals surface area contributed by atoms with Crippen LogP contribution in [0.25, 0.3) is 16.8 Å². The SMILES string of the molecule is CCCOC1=C(O)C(c2cccs2)NN(C)c2nc3ccc(Cl)cc3nc21. The van der Waals surface area contributed by atoms with E-state index in [1.807, 2.05) is 37.6 Å². The van der Waals surface area contributed by atoms with Gasteiger partial charge in [0.15, 0.2) is 23.0 Å². The number of aromatic nitrogens is 2. The number of ether oxygens (including phenoxy) is 1. The number of aliphatic hydroxyl groups excluding tert-OH is 1. The fourth-order valence-electron chi connectivity index (χ4n) is 2.97. The molecule has 0 aliphatic carbocycles. The first-order chi connectivity index (χ1) is 13.1. The van der Waals surface area contributed by atoms with Crippen molar-refractivity contribution in [2.24, 2.45) is 0 Å². The predicted octanol–water partition coefficient (Wildman–Crippen LogP) is 4.69. The highest BCUT2D eigenvalue weighted by molar-refractivity contribution is 7.10. The molecule has 6 nitrogen and oxygen atoms in total. The minimum Gasteiger partial charge on any atom is -0.506 e. The molecule has 1 atom stereocenters. The Morgan fingerprint density at radius 2 is 2.15 bits per heavy atom. The minimum absolute atomic E-state index is 0.0900. The van der Waals surface area contributed by atoms with Crippen molar-refractivity contribution in [3.63, 3.8) is 0 Å². The van der Waals surface area contributed by atoms with Crippen molar-refractivity contribution >= 4 is 45.5 Å². The first kappa shape index (κ1) is 18.0. The Morgan fingerprint density at radius 1 is 1.30 bits per heavy atom. The summed E-state index contributed by atoms with van der Waals surface area (Å²) in [5.41, 5.74) is 5.15. The molecule has 0 saturated heterocycles. The molecule has 3 heterocycles. The molecule has 1 unspecified atom stereocenters. The lowest BCUT2D eigenvalue weighted by Gasteiger charge is -2.23. The highest BCUT2D eigenvalue weighted by atomic mass is 35.5. The minimum atomic E-state index is -0.440. The second kappa shape index (κ2) is 7.34. The molecule has 2 aromatic heterocycles. The molecular formula is C19H19ClN4O2S. The van der Waals surface area contributed by atoms with Crippen LogP contribution in [0.5, 0.6) is 0 Å². The summed E-state index contributed by atoms with van der Waals surface area (Å²) in [5.74, 6) is 1.02. The molecule has 0 amide bonds. The first-order valence-corrected chi connectivity index (χ1v) is 9.91. The zero-order valence-electron chi connectivity index (χ0n) is 14.9. The summed E-state index contributed by atoms with van der Waals surface area (Å²) in [6.45, 7) is 2.48. The number of nitrogens with zero attached hydrogens (tertiary/aromatic N) is 3. The highest BCUT2D eigenvalue weighted by Crippen LogP contribution is 2.37. The van der Waals surface area contributed by atoms with Crippen molar-refractivity contribution in [2.75, 3.05) is 18.7 Å². The Morgan fingerprint density at radius 3 is 2.89 bits per heavy atom. The summed E-state index contributed by atoms with van der Waals surface area (Å²) in [6, 6.07) is 8.85. The number of rotatable bonds is 4. The molecular weight excluding hydrogens is 384 g/mol. The molecule has 3 aromatic rings. The summed E-state index contributed by atoms with van der Waals surface area (Å²) in [7, 11) is 1.85. The van der Waals surface area contributed by atoms with Crippen LogP contribution in [-0.4, -0.2) is 28.7 Å². The molecule has 0 spiro atoms. The van der Waals surface area contributed by atoms with Crippen LogP contribution in [0.2, 0.25) is 5.02 Å². The normalized spacial score (nSPS) is 17.1. The molecule has 1 aliphatic rings. The van der Waals surface area contributed by atoms with Gasteiger partial charge in [-0.25, -0.2) is 15.4 Å². The third-order valence-corrected chi connectivity index (χ3v) is 5.42. The third-order valence-electron chi connectivity index (χ3n) is 4.25. The fraction of sp³-hybridized carbons (Fsp3) is 0.263. The van der Waals surface area contributed by atoms with Gasteiger partial charge in [0.25, 0.3) is 0 Å². The van der Waals surface area contributed by atoms with Crippen molar-refractivity contribution in [1.29, 1.82) is 0 Å². The Kier molecular flexibility index (Phi) is 4.90. The summed E-state index contributed by atoms with van der Waals surface area (Å²) >= 11 is 7.68. The summed E-state index contributed by atoms with van der Waals surface area (Å²) in [4.78, 5) is 10.4. The number of aliphatic hydroxyl groups is 1. The third kappa shape index (κ3) is 3.34. The van der Waals surface area contributed by atoms with Gasteiger partial charge in [-0.1, -0.05) is 24.6 Å². The van der Waals surface area contributed by atoms with Gasteiger partial charge in [0.1, 0.15) is 6.04 Å². The number of hydrogen-bond donors (Lipinski definition) is 2. The van der Waals surface area contributed by atoms with Crippen molar-refractivity contribution in [3.8, 4) is 0 Å². The van der Waals surface area contributed by atoms with Crippen LogP contribution in [-0.2, 0) is 4.74 Å². The van der Waals surface area contributed by atoms with Crippen molar-refractivity contribution in [2.45, 2.75) is 19.4 Å². The number of anilines is 1. The first-order valence-electron chi connectivity index (χ1n) is 8.65. The van der Waals surface area contributed by atoms with Crippen molar-refractivity contribution < 1.29 is 9.84 Å². The molecule has 1 aliphatic heterocycles. The van der Waals surface area contributed by atoms with Gasteiger partial charge >= 0.3 is 0 Å². The zero-order chi connectivity index (χ0) is 19.0. The molecule has 2 N–H and O–H groups in total. The Labute approximate surface area is 166 Å². The average Bonchev–Trinajstić information content (AvgIpc) is 3.16. The molecule has 140 valence electrons. The van der Waals surface area contributed by atoms with Gasteiger partial charge in [0, 0.05) is 16.9 Å². The second-order valence-corrected chi connectivity index (χ2v) is 7.64. The number of fused-ring (bicyclic) bond motifs is 2. The van der Waals surface area contributed by atoms with E-state index >= 15 is 0 Å². The smallest absolute Gasteiger partial charge is 0.188 e. The van der Waals surface area contributed by atoms with E-state index < -0.39 is 6.04 Å². The van der Waals surface area contributed by atoms with E-state index in [0.717, 1.165) is 16.8 Å². The maximum atomic E-state index is 11.1. The van der Waals surface area contributed by atoms with E-state index in [-0.39, 0.29) is 5.76 Å². The summed E-state index contributed by atoms with van der Waals surface area (Å²) < 4.78 is 5.94. The van der Waals surface area contributed by atoms with Crippen LogP contribution in [0.4, 0.5) is 5.82 Å². The molecule has 8 heteroatoms. The fourth-order valence-corrected chi connectivity index (χ4v) is 3.91. The molecule has 0 saturated carbocycles. The predicted molar refractivity (Wildman–Crippen MR) is 109 cm³/mol. The Hall–Kier alpha value is -2.35. The van der Waals surface area contributed by atoms with Crippen LogP contribution < -0.4 is 10.4 Å². The maximum absolute atomic E-state index is 11.1. The monoisotopic (exact) mass is 402 g/mol. The quantitative estimate of drug-likeness (QED) is 0.659. The van der Waals surface area contributed by atoms with E-state index in [1.165, 1.54) is 0 Å². The molecule has 4 rings (SSSR count). The topological polar surface area (TPSA) is 70.5 Å². The van der Waals surface area contributed by atoms with E-state index in [9.17, 15) is 5.11 Å². The zero-order valence-corrected chi connectivity index (χ0v) is 16.5. The maximum Gasteiger partial charge on any atom is 0.188 e. The van der Waals surface area contributed by atoms with Crippen LogP contribution in [0.1, 0.15) is 30.0 Å². The van der Waals surface area contributed by atoms with Gasteiger partial charge in [-0.3, -0.25) is 5.01 Å². The largest absolute Gasteiger partial charge is 0.506 e. The summed E-state index contributed by atoms with van der Waals surface area (Å²) in [6.07, 6.45) is 0.811. The van der Waals surface area contributed by atoms with Crippen LogP contribution in [0, 0.1) is 0 Å². The molecule has 1 aromatic carbocycles. The van der Waals surface area contributed by atoms with E-state index in [0.29, 0.717) is 34.4 Å². The second-order valence-electron chi connectivity index (χ2n) is 6.23. The van der Waals surface area contributed by atoms with E-state index in [1.54, 1.807) is 28.5 Å². The Bertz CT molecular complexity index is 1010. The Balaban J connectivity index is 1.93. The van der Waals surface area contributed by atoms with Crippen LogP contribution in [0.3, 0.4) is 0 Å². The van der Waals surface area contributed by atoms with Gasteiger partial charge < -0.3 is 9.84 Å². The van der Waals surface area contributed by atoms with Gasteiger partial charge in [0.05, 0.1) is 17.6 Å². The highest BCUT2D eigenvalue weighted by Gasteiger charge is 2.32. The molecule has 0 fully saturated rings. The molecule has 0 radical (unpaired) electrons. The number of hydrogen-bond acceptors (Lipinski definition) is 7. The number of benzene rings is 1. The van der Waals surface area contributed by atoms with Gasteiger partial charge in [0.2, 0.25) is 0 Å². The van der Waals surface area contributed by atoms with Crippen molar-refractivity contribution in [3.05, 3.63) is 57.1 Å². The number of halogens is 1. The lowest BCUT2D eigenvalue weighted by molar-refractivity contribution is 0.247. The number of thiophene rings is 1. The molecule has 0 bridgehead atoms. The van der Waals surface area contributed by atoms with Crippen LogP contribution in [0.15, 0.2) is 41.5 Å². The van der Waals surface area contributed by atoms with Gasteiger partial charge in [-0.05, 0) is 36.1 Å². The lowest BCUT2D eigenvalue weighted by atomic mass is 10.1. The standard InChI is InChI=1S/C19H19ClN4O2S/c1-3-8-26-18-16-19(22-12-7-6-11(20)10-13(12)21-16)24(2)23-15(17(18)25)14-5-4-9-27-14/h4-7,9-10,15,23,25H,3,8H2,1-2H3. The van der Waals surface area contributed by atoms with Crippen molar-refractivity contribution in [1.82, 2.24) is 15.4 Å². The number of hydrazine groups is 1. The average molecular weight is 403 g/mol. The van der Waals surface area contributed by atoms with Gasteiger partial charge in [-0.2, -0.15) is 0 Å². The molecule has 27 heavy (non-hydrogen) atoms. The van der Waals surface area contributed by atoms with Crippen LogP contribution >= 0.6 is 22.9 Å². The van der Waals surface area contributed by atoms with E-state index in [4.69, 9.17) is 26.3 Å². The lowest BCUT2D eigenvalue weighted by Crippen LogP contribution is -2.38.